The van der Waals surface area contributed by atoms with Crippen LogP contribution in [-0.4, -0.2) is 17.8 Å². The summed E-state index contributed by atoms with van der Waals surface area (Å²) in [7, 11) is 0. The second kappa shape index (κ2) is 6.55. The van der Waals surface area contributed by atoms with Crippen LogP contribution in [-0.2, 0) is 9.53 Å². The van der Waals surface area contributed by atoms with Crippen molar-refractivity contribution in [2.75, 3.05) is 12.3 Å². The van der Waals surface area contributed by atoms with Gasteiger partial charge in [0.2, 0.25) is 0 Å². The number of para-hydroxylation sites is 1. The molecular weight excluding hydrogens is 234 g/mol. The van der Waals surface area contributed by atoms with E-state index >= 15 is 0 Å². The lowest BCUT2D eigenvalue weighted by molar-refractivity contribution is -0.143. The van der Waals surface area contributed by atoms with E-state index in [2.05, 4.69) is 0 Å². The summed E-state index contributed by atoms with van der Waals surface area (Å²) in [5.74, 6) is 0.171. The van der Waals surface area contributed by atoms with Crippen LogP contribution >= 0.6 is 11.8 Å². The standard InChI is InChI=1S/C13H19NO2S/c1-9(2)8-16-13(15)10(3)17-12-7-5-4-6-11(12)14/h4-7,9-10H,8,14H2,1-3H3. The largest absolute Gasteiger partial charge is 0.465 e. The summed E-state index contributed by atoms with van der Waals surface area (Å²) < 4.78 is 5.18. The highest BCUT2D eigenvalue weighted by atomic mass is 32.2. The first kappa shape index (κ1) is 13.9. The van der Waals surface area contributed by atoms with Crippen LogP contribution in [0.4, 0.5) is 5.69 Å². The van der Waals surface area contributed by atoms with E-state index in [1.807, 2.05) is 45.0 Å². The molecule has 1 aromatic rings. The minimum atomic E-state index is -0.238. The van der Waals surface area contributed by atoms with Gasteiger partial charge >= 0.3 is 5.97 Å². The van der Waals surface area contributed by atoms with Gasteiger partial charge in [0.05, 0.1) is 6.61 Å². The van der Waals surface area contributed by atoms with Gasteiger partial charge in [-0.2, -0.15) is 0 Å². The van der Waals surface area contributed by atoms with Crippen molar-refractivity contribution >= 4 is 23.4 Å². The molecule has 0 aliphatic heterocycles. The molecule has 3 nitrogen and oxygen atoms in total. The smallest absolute Gasteiger partial charge is 0.319 e. The molecule has 0 spiro atoms. The normalized spacial score (nSPS) is 12.5. The quantitative estimate of drug-likeness (QED) is 0.498. The Balaban J connectivity index is 2.51. The third-order valence-electron chi connectivity index (χ3n) is 2.11. The van der Waals surface area contributed by atoms with Crippen molar-refractivity contribution in [2.45, 2.75) is 30.9 Å². The molecule has 0 aromatic heterocycles. The average molecular weight is 253 g/mol. The molecule has 0 saturated carbocycles. The maximum atomic E-state index is 11.7. The molecule has 1 atom stereocenters. The number of anilines is 1. The lowest BCUT2D eigenvalue weighted by atomic mass is 10.2. The topological polar surface area (TPSA) is 52.3 Å². The number of hydrogen-bond acceptors (Lipinski definition) is 4. The molecule has 0 radical (unpaired) electrons. The summed E-state index contributed by atoms with van der Waals surface area (Å²) >= 11 is 1.43. The van der Waals surface area contributed by atoms with E-state index in [4.69, 9.17) is 10.5 Å². The van der Waals surface area contributed by atoms with Gasteiger partial charge in [-0.15, -0.1) is 11.8 Å². The molecule has 1 rings (SSSR count). The number of nitrogens with two attached hydrogens (primary N) is 1. The number of thioether (sulfide) groups is 1. The van der Waals surface area contributed by atoms with E-state index in [0.29, 0.717) is 18.2 Å². The van der Waals surface area contributed by atoms with Gasteiger partial charge < -0.3 is 10.5 Å². The molecule has 4 heteroatoms. The Kier molecular flexibility index (Phi) is 5.35. The Hall–Kier alpha value is -1.16. The average Bonchev–Trinajstić information content (AvgIpc) is 2.28. The summed E-state index contributed by atoms with van der Waals surface area (Å²) in [6, 6.07) is 7.52. The highest BCUT2D eigenvalue weighted by Gasteiger charge is 2.17. The number of benzene rings is 1. The van der Waals surface area contributed by atoms with E-state index in [1.54, 1.807) is 0 Å². The Labute approximate surface area is 107 Å². The number of ether oxygens (including phenoxy) is 1. The number of carbonyl (C=O) groups is 1. The van der Waals surface area contributed by atoms with E-state index in [0.717, 1.165) is 4.90 Å². The van der Waals surface area contributed by atoms with Crippen LogP contribution in [0.1, 0.15) is 20.8 Å². The molecule has 0 aliphatic rings. The number of esters is 1. The van der Waals surface area contributed by atoms with Crippen molar-refractivity contribution in [1.82, 2.24) is 0 Å². The van der Waals surface area contributed by atoms with Crippen LogP contribution in [0.5, 0.6) is 0 Å². The molecule has 2 N–H and O–H groups in total. The minimum Gasteiger partial charge on any atom is -0.465 e. The molecule has 0 saturated heterocycles. The molecule has 0 aliphatic carbocycles. The van der Waals surface area contributed by atoms with Gasteiger partial charge in [-0.25, -0.2) is 0 Å². The SMILES string of the molecule is CC(C)COC(=O)C(C)Sc1ccccc1N. The minimum absolute atomic E-state index is 0.188. The van der Waals surface area contributed by atoms with Crippen molar-refractivity contribution in [2.24, 2.45) is 5.92 Å². The summed E-state index contributed by atoms with van der Waals surface area (Å²) in [6.07, 6.45) is 0. The van der Waals surface area contributed by atoms with Crippen LogP contribution in [0, 0.1) is 5.92 Å². The number of nitrogen functional groups attached to an aromatic ring is 1. The summed E-state index contributed by atoms with van der Waals surface area (Å²) in [5.41, 5.74) is 6.51. The first-order chi connectivity index (χ1) is 8.00. The van der Waals surface area contributed by atoms with Gasteiger partial charge in [-0.3, -0.25) is 4.79 Å². The highest BCUT2D eigenvalue weighted by molar-refractivity contribution is 8.00. The first-order valence-corrected chi connectivity index (χ1v) is 6.56. The zero-order chi connectivity index (χ0) is 12.8. The zero-order valence-electron chi connectivity index (χ0n) is 10.5. The molecule has 17 heavy (non-hydrogen) atoms. The Morgan fingerprint density at radius 2 is 2.00 bits per heavy atom. The maximum absolute atomic E-state index is 11.7. The van der Waals surface area contributed by atoms with Crippen molar-refractivity contribution in [3.05, 3.63) is 24.3 Å². The lowest BCUT2D eigenvalue weighted by Gasteiger charge is -2.13. The van der Waals surface area contributed by atoms with E-state index < -0.39 is 0 Å². The predicted molar refractivity (Wildman–Crippen MR) is 72.0 cm³/mol. The number of rotatable bonds is 5. The van der Waals surface area contributed by atoms with Gasteiger partial charge in [0.15, 0.2) is 0 Å². The van der Waals surface area contributed by atoms with Crippen molar-refractivity contribution in [1.29, 1.82) is 0 Å². The third kappa shape index (κ3) is 4.69. The summed E-state index contributed by atoms with van der Waals surface area (Å²) in [5, 5.41) is -0.238. The highest BCUT2D eigenvalue weighted by Crippen LogP contribution is 2.28. The van der Waals surface area contributed by atoms with E-state index in [9.17, 15) is 4.79 Å². The Morgan fingerprint density at radius 3 is 2.59 bits per heavy atom. The Bertz CT molecular complexity index is 379. The molecule has 1 unspecified atom stereocenters. The monoisotopic (exact) mass is 253 g/mol. The molecule has 0 fully saturated rings. The van der Waals surface area contributed by atoms with Crippen LogP contribution in [0.3, 0.4) is 0 Å². The summed E-state index contributed by atoms with van der Waals surface area (Å²) in [4.78, 5) is 12.6. The molecule has 1 aromatic carbocycles. The third-order valence-corrected chi connectivity index (χ3v) is 3.29. The fourth-order valence-corrected chi connectivity index (χ4v) is 2.10. The fraction of sp³-hybridized carbons (Fsp3) is 0.462. The van der Waals surface area contributed by atoms with Crippen molar-refractivity contribution in [3.8, 4) is 0 Å². The molecule has 0 amide bonds. The second-order valence-electron chi connectivity index (χ2n) is 4.32. The lowest BCUT2D eigenvalue weighted by Crippen LogP contribution is -2.19. The first-order valence-electron chi connectivity index (χ1n) is 5.68. The molecule has 0 bridgehead atoms. The van der Waals surface area contributed by atoms with Crippen LogP contribution in [0.15, 0.2) is 29.2 Å². The van der Waals surface area contributed by atoms with Gasteiger partial charge in [-0.05, 0) is 25.0 Å². The Morgan fingerprint density at radius 1 is 1.35 bits per heavy atom. The molecule has 0 heterocycles. The zero-order valence-corrected chi connectivity index (χ0v) is 11.3. The predicted octanol–water partition coefficient (Wildman–Crippen LogP) is 2.95. The molecule has 94 valence electrons. The van der Waals surface area contributed by atoms with Crippen LogP contribution in [0.25, 0.3) is 0 Å². The second-order valence-corrected chi connectivity index (χ2v) is 5.70. The van der Waals surface area contributed by atoms with Crippen molar-refractivity contribution < 1.29 is 9.53 Å². The fourth-order valence-electron chi connectivity index (χ4n) is 1.19. The van der Waals surface area contributed by atoms with Crippen LogP contribution in [0.2, 0.25) is 0 Å². The van der Waals surface area contributed by atoms with Gasteiger partial charge in [0, 0.05) is 10.6 Å². The number of carbonyl (C=O) groups excluding carboxylic acids is 1. The summed E-state index contributed by atoms with van der Waals surface area (Å²) in [6.45, 7) is 6.33. The van der Waals surface area contributed by atoms with Gasteiger partial charge in [-0.1, -0.05) is 26.0 Å². The van der Waals surface area contributed by atoms with Crippen molar-refractivity contribution in [3.63, 3.8) is 0 Å². The van der Waals surface area contributed by atoms with Gasteiger partial charge in [0.1, 0.15) is 5.25 Å². The molecular formula is C13H19NO2S. The van der Waals surface area contributed by atoms with E-state index in [1.165, 1.54) is 11.8 Å². The number of hydrogen-bond donors (Lipinski definition) is 1. The van der Waals surface area contributed by atoms with Crippen LogP contribution < -0.4 is 5.73 Å². The maximum Gasteiger partial charge on any atom is 0.319 e. The van der Waals surface area contributed by atoms with E-state index in [-0.39, 0.29) is 11.2 Å². The van der Waals surface area contributed by atoms with Gasteiger partial charge in [0.25, 0.3) is 0 Å².